The van der Waals surface area contributed by atoms with Gasteiger partial charge in [-0.1, -0.05) is 42.5 Å². The number of nitrogens with one attached hydrogen (secondary N) is 2. The largest absolute Gasteiger partial charge is 0.416 e. The van der Waals surface area contributed by atoms with E-state index < -0.39 is 22.4 Å². The van der Waals surface area contributed by atoms with Crippen molar-refractivity contribution in [2.75, 3.05) is 23.7 Å². The molecular formula is C23H18F3N5O2. The molecule has 10 heteroatoms. The van der Waals surface area contributed by atoms with Gasteiger partial charge in [-0.25, -0.2) is 9.97 Å². The fraction of sp³-hybridized carbons (Fsp3) is 0.130. The molecule has 0 unspecified atom stereocenters. The third kappa shape index (κ3) is 5.00. The van der Waals surface area contributed by atoms with E-state index in [1.165, 1.54) is 0 Å². The van der Waals surface area contributed by atoms with Gasteiger partial charge in [0.15, 0.2) is 5.82 Å². The van der Waals surface area contributed by atoms with Crippen LogP contribution in [-0.4, -0.2) is 28.0 Å². The predicted molar refractivity (Wildman–Crippen MR) is 120 cm³/mol. The zero-order valence-corrected chi connectivity index (χ0v) is 17.1. The Balaban J connectivity index is 1.51. The Morgan fingerprint density at radius 2 is 1.58 bits per heavy atom. The molecule has 0 radical (unpaired) electrons. The van der Waals surface area contributed by atoms with Crippen LogP contribution in [0.5, 0.6) is 0 Å². The number of hydrogen-bond donors (Lipinski definition) is 2. The van der Waals surface area contributed by atoms with Gasteiger partial charge in [0, 0.05) is 30.1 Å². The molecule has 0 fully saturated rings. The number of aromatic nitrogens is 2. The van der Waals surface area contributed by atoms with Crippen LogP contribution in [0.15, 0.2) is 72.8 Å². The number of nitro groups is 1. The second-order valence-electron chi connectivity index (χ2n) is 7.12. The van der Waals surface area contributed by atoms with Crippen molar-refractivity contribution in [3.63, 3.8) is 0 Å². The maximum atomic E-state index is 12.9. The van der Waals surface area contributed by atoms with Crippen LogP contribution >= 0.6 is 0 Å². The molecule has 1 aromatic heterocycles. The molecule has 3 aromatic carbocycles. The van der Waals surface area contributed by atoms with Crippen LogP contribution < -0.4 is 10.6 Å². The third-order valence-electron chi connectivity index (χ3n) is 4.89. The maximum Gasteiger partial charge on any atom is 0.416 e. The molecule has 0 aliphatic rings. The second kappa shape index (κ2) is 9.11. The first-order chi connectivity index (χ1) is 15.8. The third-order valence-corrected chi connectivity index (χ3v) is 4.89. The number of benzene rings is 3. The molecule has 1 heterocycles. The number of halogens is 3. The number of alkyl halides is 3. The van der Waals surface area contributed by atoms with Crippen LogP contribution in [0.1, 0.15) is 5.56 Å². The van der Waals surface area contributed by atoms with E-state index in [2.05, 4.69) is 20.6 Å². The highest BCUT2D eigenvalue weighted by Gasteiger charge is 2.33. The van der Waals surface area contributed by atoms with Crippen molar-refractivity contribution in [3.05, 3.63) is 88.5 Å². The number of rotatable bonds is 7. The lowest BCUT2D eigenvalue weighted by Crippen LogP contribution is -2.16. The Labute approximate surface area is 186 Å². The van der Waals surface area contributed by atoms with Crippen LogP contribution in [0.4, 0.5) is 30.4 Å². The quantitative estimate of drug-likeness (QED) is 0.210. The first-order valence-electron chi connectivity index (χ1n) is 9.98. The first-order valence-corrected chi connectivity index (χ1v) is 9.98. The zero-order chi connectivity index (χ0) is 23.4. The van der Waals surface area contributed by atoms with E-state index in [0.29, 0.717) is 24.3 Å². The lowest BCUT2D eigenvalue weighted by Gasteiger charge is -2.13. The predicted octanol–water partition coefficient (Wildman–Crippen LogP) is 5.75. The van der Waals surface area contributed by atoms with Crippen LogP contribution in [-0.2, 0) is 6.18 Å². The SMILES string of the molecule is O=[N+]([O-])c1cc(C(F)(F)F)ccc1NCCNc1nc(-c2ccccc2)nc2ccccc12. The molecule has 168 valence electrons. The number of nitrogens with zero attached hydrogens (tertiary/aromatic N) is 3. The van der Waals surface area contributed by atoms with Crippen LogP contribution in [0, 0.1) is 10.1 Å². The zero-order valence-electron chi connectivity index (χ0n) is 17.1. The molecule has 0 aliphatic carbocycles. The van der Waals surface area contributed by atoms with Gasteiger partial charge in [-0.15, -0.1) is 0 Å². The monoisotopic (exact) mass is 453 g/mol. The van der Waals surface area contributed by atoms with Crippen molar-refractivity contribution in [2.24, 2.45) is 0 Å². The Bertz CT molecular complexity index is 1300. The van der Waals surface area contributed by atoms with Gasteiger partial charge in [0.2, 0.25) is 0 Å². The van der Waals surface area contributed by atoms with E-state index >= 15 is 0 Å². The molecule has 0 aliphatic heterocycles. The Morgan fingerprint density at radius 3 is 2.30 bits per heavy atom. The number of fused-ring (bicyclic) bond motifs is 1. The van der Waals surface area contributed by atoms with E-state index in [-0.39, 0.29) is 12.2 Å². The van der Waals surface area contributed by atoms with Gasteiger partial charge in [0.25, 0.3) is 5.69 Å². The van der Waals surface area contributed by atoms with Crippen LogP contribution in [0.25, 0.3) is 22.3 Å². The average molecular weight is 453 g/mol. The van der Waals surface area contributed by atoms with Crippen molar-refractivity contribution >= 4 is 28.1 Å². The minimum atomic E-state index is -4.66. The highest BCUT2D eigenvalue weighted by molar-refractivity contribution is 5.90. The molecule has 33 heavy (non-hydrogen) atoms. The molecule has 0 bridgehead atoms. The molecule has 4 rings (SSSR count). The summed E-state index contributed by atoms with van der Waals surface area (Å²) in [6.45, 7) is 0.526. The minimum Gasteiger partial charge on any atom is -0.378 e. The van der Waals surface area contributed by atoms with Gasteiger partial charge in [0.05, 0.1) is 16.0 Å². The van der Waals surface area contributed by atoms with Gasteiger partial charge in [-0.2, -0.15) is 13.2 Å². The molecule has 0 saturated carbocycles. The molecular weight excluding hydrogens is 435 g/mol. The fourth-order valence-electron chi connectivity index (χ4n) is 3.31. The van der Waals surface area contributed by atoms with Crippen molar-refractivity contribution < 1.29 is 18.1 Å². The van der Waals surface area contributed by atoms with Crippen molar-refractivity contribution in [1.82, 2.24) is 9.97 Å². The Kier molecular flexibility index (Phi) is 6.07. The number of anilines is 2. The van der Waals surface area contributed by atoms with Gasteiger partial charge in [-0.3, -0.25) is 10.1 Å². The normalized spacial score (nSPS) is 11.4. The highest BCUT2D eigenvalue weighted by atomic mass is 19.4. The number of nitro benzene ring substituents is 1. The van der Waals surface area contributed by atoms with Crippen molar-refractivity contribution in [3.8, 4) is 11.4 Å². The first kappa shape index (κ1) is 22.0. The summed E-state index contributed by atoms with van der Waals surface area (Å²) in [7, 11) is 0. The second-order valence-corrected chi connectivity index (χ2v) is 7.12. The van der Waals surface area contributed by atoms with E-state index in [9.17, 15) is 23.3 Å². The van der Waals surface area contributed by atoms with Gasteiger partial charge in [0.1, 0.15) is 11.5 Å². The van der Waals surface area contributed by atoms with Crippen molar-refractivity contribution in [1.29, 1.82) is 0 Å². The summed E-state index contributed by atoms with van der Waals surface area (Å²) < 4.78 is 38.6. The Hall–Kier alpha value is -4.21. The molecule has 7 nitrogen and oxygen atoms in total. The summed E-state index contributed by atoms with van der Waals surface area (Å²) in [4.78, 5) is 19.6. The van der Waals surface area contributed by atoms with Crippen LogP contribution in [0.2, 0.25) is 0 Å². The summed E-state index contributed by atoms with van der Waals surface area (Å²) in [6, 6.07) is 19.4. The van der Waals surface area contributed by atoms with Crippen molar-refractivity contribution in [2.45, 2.75) is 6.18 Å². The van der Waals surface area contributed by atoms with E-state index in [0.717, 1.165) is 28.6 Å². The van der Waals surface area contributed by atoms with Gasteiger partial charge in [-0.05, 0) is 24.3 Å². The summed E-state index contributed by atoms with van der Waals surface area (Å²) >= 11 is 0. The molecule has 0 saturated heterocycles. The number of hydrogen-bond acceptors (Lipinski definition) is 6. The van der Waals surface area contributed by atoms with E-state index in [4.69, 9.17) is 0 Å². The lowest BCUT2D eigenvalue weighted by atomic mass is 10.1. The van der Waals surface area contributed by atoms with E-state index in [1.807, 2.05) is 54.6 Å². The van der Waals surface area contributed by atoms with Gasteiger partial charge >= 0.3 is 6.18 Å². The molecule has 0 amide bonds. The maximum absolute atomic E-state index is 12.9. The Morgan fingerprint density at radius 1 is 0.879 bits per heavy atom. The average Bonchev–Trinajstić information content (AvgIpc) is 2.81. The lowest BCUT2D eigenvalue weighted by molar-refractivity contribution is -0.384. The smallest absolute Gasteiger partial charge is 0.378 e. The summed E-state index contributed by atoms with van der Waals surface area (Å²) in [5.41, 5.74) is -0.0974. The standard InChI is InChI=1S/C23H18F3N5O2/c24-23(25,26)16-10-11-19(20(14-16)31(32)33)27-12-13-28-22-17-8-4-5-9-18(17)29-21(30-22)15-6-2-1-3-7-15/h1-11,14,27H,12-13H2,(H,28,29,30). The molecule has 4 aromatic rings. The van der Waals surface area contributed by atoms with Crippen LogP contribution in [0.3, 0.4) is 0 Å². The highest BCUT2D eigenvalue weighted by Crippen LogP contribution is 2.35. The molecule has 0 atom stereocenters. The summed E-state index contributed by atoms with van der Waals surface area (Å²) in [5.74, 6) is 1.13. The minimum absolute atomic E-state index is 0.00678. The number of para-hydroxylation sites is 1. The molecule has 2 N–H and O–H groups in total. The molecule has 0 spiro atoms. The fourth-order valence-corrected chi connectivity index (χ4v) is 3.31. The van der Waals surface area contributed by atoms with E-state index in [1.54, 1.807) is 0 Å². The topological polar surface area (TPSA) is 93.0 Å². The van der Waals surface area contributed by atoms with Gasteiger partial charge < -0.3 is 10.6 Å². The summed E-state index contributed by atoms with van der Waals surface area (Å²) in [5, 5.41) is 18.1. The summed E-state index contributed by atoms with van der Waals surface area (Å²) in [6.07, 6.45) is -4.66.